The highest BCUT2D eigenvalue weighted by atomic mass is 32.2. The van der Waals surface area contributed by atoms with Crippen molar-refractivity contribution < 1.29 is 12.8 Å². The van der Waals surface area contributed by atoms with Crippen molar-refractivity contribution in [3.8, 4) is 0 Å². The fourth-order valence-corrected chi connectivity index (χ4v) is 4.68. The number of benzene rings is 1. The predicted molar refractivity (Wildman–Crippen MR) is 79.8 cm³/mol. The van der Waals surface area contributed by atoms with Gasteiger partial charge in [-0.3, -0.25) is 4.90 Å². The van der Waals surface area contributed by atoms with Crippen LogP contribution in [0, 0.1) is 5.82 Å². The molecule has 1 saturated carbocycles. The van der Waals surface area contributed by atoms with E-state index in [1.807, 2.05) is 6.07 Å². The lowest BCUT2D eigenvalue weighted by Crippen LogP contribution is -2.37. The lowest BCUT2D eigenvalue weighted by molar-refractivity contribution is 0.274. The molecule has 2 aliphatic rings. The van der Waals surface area contributed by atoms with Crippen LogP contribution in [-0.4, -0.2) is 49.1 Å². The molecule has 0 atom stereocenters. The molecule has 21 heavy (non-hydrogen) atoms. The molecule has 0 radical (unpaired) electrons. The van der Waals surface area contributed by atoms with Crippen LogP contribution in [0.2, 0.25) is 0 Å². The summed E-state index contributed by atoms with van der Waals surface area (Å²) < 4.78 is 39.9. The molecule has 2 fully saturated rings. The summed E-state index contributed by atoms with van der Waals surface area (Å²) in [6, 6.07) is 6.78. The summed E-state index contributed by atoms with van der Waals surface area (Å²) in [4.78, 5) is 2.14. The van der Waals surface area contributed by atoms with Gasteiger partial charge in [0.1, 0.15) is 5.82 Å². The zero-order valence-corrected chi connectivity index (χ0v) is 12.9. The van der Waals surface area contributed by atoms with Crippen LogP contribution in [0.4, 0.5) is 4.39 Å². The minimum absolute atomic E-state index is 0.143. The van der Waals surface area contributed by atoms with Crippen LogP contribution in [0.3, 0.4) is 0 Å². The van der Waals surface area contributed by atoms with Crippen molar-refractivity contribution in [2.75, 3.05) is 26.2 Å². The molecule has 4 nitrogen and oxygen atoms in total. The van der Waals surface area contributed by atoms with Gasteiger partial charge in [-0.2, -0.15) is 0 Å². The van der Waals surface area contributed by atoms with E-state index in [1.165, 1.54) is 6.07 Å². The SMILES string of the molecule is O=S(=O)(C1CC1)N1CCCN(Cc2ccccc2F)CC1. The maximum atomic E-state index is 13.7. The molecule has 6 heteroatoms. The summed E-state index contributed by atoms with van der Waals surface area (Å²) in [5.41, 5.74) is 0.677. The van der Waals surface area contributed by atoms with Gasteiger partial charge in [0.05, 0.1) is 5.25 Å². The maximum Gasteiger partial charge on any atom is 0.217 e. The minimum atomic E-state index is -3.08. The average molecular weight is 312 g/mol. The number of nitrogens with zero attached hydrogens (tertiary/aromatic N) is 2. The highest BCUT2D eigenvalue weighted by Gasteiger charge is 2.40. The van der Waals surface area contributed by atoms with Crippen LogP contribution < -0.4 is 0 Å². The summed E-state index contributed by atoms with van der Waals surface area (Å²) in [5, 5.41) is -0.143. The largest absolute Gasteiger partial charge is 0.298 e. The Bertz CT molecular complexity index is 601. The van der Waals surface area contributed by atoms with Crippen LogP contribution in [-0.2, 0) is 16.6 Å². The number of hydrogen-bond acceptors (Lipinski definition) is 3. The molecule has 1 saturated heterocycles. The summed E-state index contributed by atoms with van der Waals surface area (Å²) in [7, 11) is -3.08. The molecule has 0 amide bonds. The molecular weight excluding hydrogens is 291 g/mol. The van der Waals surface area contributed by atoms with Gasteiger partial charge >= 0.3 is 0 Å². The molecule has 0 unspecified atom stereocenters. The second-order valence-electron chi connectivity index (χ2n) is 5.86. The van der Waals surface area contributed by atoms with Gasteiger partial charge in [0.15, 0.2) is 0 Å². The monoisotopic (exact) mass is 312 g/mol. The molecule has 0 N–H and O–H groups in total. The van der Waals surface area contributed by atoms with E-state index in [0.29, 0.717) is 31.7 Å². The molecule has 0 aromatic heterocycles. The molecule has 0 spiro atoms. The van der Waals surface area contributed by atoms with Crippen LogP contribution in [0.5, 0.6) is 0 Å². The van der Waals surface area contributed by atoms with Gasteiger partial charge in [0.25, 0.3) is 0 Å². The van der Waals surface area contributed by atoms with Gasteiger partial charge in [-0.05, 0) is 31.9 Å². The highest BCUT2D eigenvalue weighted by molar-refractivity contribution is 7.90. The molecular formula is C15H21FN2O2S. The first-order valence-electron chi connectivity index (χ1n) is 7.52. The fourth-order valence-electron chi connectivity index (χ4n) is 2.80. The summed E-state index contributed by atoms with van der Waals surface area (Å²) >= 11 is 0. The number of halogens is 1. The zero-order valence-electron chi connectivity index (χ0n) is 12.0. The number of sulfonamides is 1. The molecule has 116 valence electrons. The molecule has 1 aliphatic carbocycles. The fraction of sp³-hybridized carbons (Fsp3) is 0.600. The summed E-state index contributed by atoms with van der Waals surface area (Å²) in [6.07, 6.45) is 2.41. The third-order valence-corrected chi connectivity index (χ3v) is 6.60. The lowest BCUT2D eigenvalue weighted by Gasteiger charge is -2.21. The Hall–Kier alpha value is -0.980. The average Bonchev–Trinajstić information content (AvgIpc) is 3.28. The molecule has 1 aromatic rings. The zero-order chi connectivity index (χ0) is 14.9. The topological polar surface area (TPSA) is 40.6 Å². The number of hydrogen-bond donors (Lipinski definition) is 0. The predicted octanol–water partition coefficient (Wildman–Crippen LogP) is 1.83. The van der Waals surface area contributed by atoms with Gasteiger partial charge in [0.2, 0.25) is 10.0 Å². The van der Waals surface area contributed by atoms with E-state index in [4.69, 9.17) is 0 Å². The van der Waals surface area contributed by atoms with Crippen molar-refractivity contribution >= 4 is 10.0 Å². The van der Waals surface area contributed by atoms with Crippen LogP contribution in [0.1, 0.15) is 24.8 Å². The Balaban J connectivity index is 1.62. The van der Waals surface area contributed by atoms with Crippen molar-refractivity contribution in [1.82, 2.24) is 9.21 Å². The lowest BCUT2D eigenvalue weighted by atomic mass is 10.2. The molecule has 1 aliphatic heterocycles. The quantitative estimate of drug-likeness (QED) is 0.851. The Morgan fingerprint density at radius 2 is 1.86 bits per heavy atom. The van der Waals surface area contributed by atoms with Crippen LogP contribution >= 0.6 is 0 Å². The molecule has 0 bridgehead atoms. The Labute approximate surface area is 125 Å². The standard InChI is InChI=1S/C15H21FN2O2S/c16-15-5-2-1-4-13(15)12-17-8-3-9-18(11-10-17)21(19,20)14-6-7-14/h1-2,4-5,14H,3,6-12H2. The Kier molecular flexibility index (Phi) is 4.28. The van der Waals surface area contributed by atoms with E-state index in [-0.39, 0.29) is 11.1 Å². The van der Waals surface area contributed by atoms with E-state index in [0.717, 1.165) is 25.8 Å². The summed E-state index contributed by atoms with van der Waals surface area (Å²) in [5.74, 6) is -0.191. The first-order valence-corrected chi connectivity index (χ1v) is 9.02. The number of rotatable bonds is 4. The van der Waals surface area contributed by atoms with Crippen LogP contribution in [0.15, 0.2) is 24.3 Å². The first kappa shape index (κ1) is 14.9. The maximum absolute atomic E-state index is 13.7. The second kappa shape index (κ2) is 6.02. The Morgan fingerprint density at radius 1 is 1.10 bits per heavy atom. The smallest absolute Gasteiger partial charge is 0.217 e. The highest BCUT2D eigenvalue weighted by Crippen LogP contribution is 2.31. The molecule has 1 aromatic carbocycles. The van der Waals surface area contributed by atoms with E-state index >= 15 is 0 Å². The van der Waals surface area contributed by atoms with Crippen molar-refractivity contribution in [2.24, 2.45) is 0 Å². The normalized spacial score (nSPS) is 22.1. The van der Waals surface area contributed by atoms with E-state index in [1.54, 1.807) is 16.4 Å². The van der Waals surface area contributed by atoms with Gasteiger partial charge in [-0.25, -0.2) is 17.1 Å². The van der Waals surface area contributed by atoms with Crippen molar-refractivity contribution in [3.05, 3.63) is 35.6 Å². The Morgan fingerprint density at radius 3 is 2.57 bits per heavy atom. The van der Waals surface area contributed by atoms with Crippen LogP contribution in [0.25, 0.3) is 0 Å². The first-order chi connectivity index (χ1) is 10.1. The van der Waals surface area contributed by atoms with E-state index < -0.39 is 10.0 Å². The molecule has 1 heterocycles. The van der Waals surface area contributed by atoms with Crippen molar-refractivity contribution in [3.63, 3.8) is 0 Å². The van der Waals surface area contributed by atoms with Gasteiger partial charge in [-0.1, -0.05) is 18.2 Å². The van der Waals surface area contributed by atoms with E-state index in [9.17, 15) is 12.8 Å². The third kappa shape index (κ3) is 3.44. The third-order valence-electron chi connectivity index (χ3n) is 4.20. The summed E-state index contributed by atoms with van der Waals surface area (Å²) in [6.45, 7) is 3.13. The van der Waals surface area contributed by atoms with Gasteiger partial charge in [-0.15, -0.1) is 0 Å². The van der Waals surface area contributed by atoms with Crippen molar-refractivity contribution in [2.45, 2.75) is 31.1 Å². The van der Waals surface area contributed by atoms with Gasteiger partial charge in [0, 0.05) is 31.7 Å². The van der Waals surface area contributed by atoms with E-state index in [2.05, 4.69) is 4.90 Å². The molecule has 3 rings (SSSR count). The van der Waals surface area contributed by atoms with Crippen molar-refractivity contribution in [1.29, 1.82) is 0 Å². The van der Waals surface area contributed by atoms with Gasteiger partial charge < -0.3 is 0 Å². The second-order valence-corrected chi connectivity index (χ2v) is 8.08. The minimum Gasteiger partial charge on any atom is -0.298 e.